The molecule has 0 aliphatic rings. The monoisotopic (exact) mass is 415 g/mol. The maximum atomic E-state index is 9.57. The highest BCUT2D eigenvalue weighted by Gasteiger charge is 2.04. The van der Waals surface area contributed by atoms with Crippen LogP contribution in [0.5, 0.6) is 0 Å². The van der Waals surface area contributed by atoms with E-state index in [1.807, 2.05) is 64.6 Å². The predicted molar refractivity (Wildman–Crippen MR) is 137 cm³/mol. The van der Waals surface area contributed by atoms with Crippen LogP contribution >= 0.6 is 0 Å². The highest BCUT2D eigenvalue weighted by molar-refractivity contribution is 5.81. The molecule has 0 radical (unpaired) electrons. The van der Waals surface area contributed by atoms with Gasteiger partial charge >= 0.3 is 0 Å². The molecular weight excluding hydrogens is 370 g/mol. The number of nitrogens with one attached hydrogen (secondary N) is 1. The summed E-state index contributed by atoms with van der Waals surface area (Å²) in [5.41, 5.74) is 3.19. The molecular formula is C26H45N3O. The molecule has 1 N–H and O–H groups in total. The maximum absolute atomic E-state index is 9.57. The lowest BCUT2D eigenvalue weighted by Crippen LogP contribution is -2.11. The lowest BCUT2D eigenvalue weighted by Gasteiger charge is -2.05. The molecule has 0 saturated carbocycles. The predicted octanol–water partition coefficient (Wildman–Crippen LogP) is 7.42. The molecule has 30 heavy (non-hydrogen) atoms. The van der Waals surface area contributed by atoms with Crippen LogP contribution in [0, 0.1) is 0 Å². The second-order valence-corrected chi connectivity index (χ2v) is 5.25. The molecule has 2 aromatic heterocycles. The first-order chi connectivity index (χ1) is 14.7. The Bertz CT molecular complexity index is 699. The van der Waals surface area contributed by atoms with Crippen LogP contribution in [0.2, 0.25) is 0 Å². The Morgan fingerprint density at radius 3 is 2.23 bits per heavy atom. The second-order valence-electron chi connectivity index (χ2n) is 5.25. The minimum absolute atomic E-state index is 0.732. The first-order valence-electron chi connectivity index (χ1n) is 11.3. The summed E-state index contributed by atoms with van der Waals surface area (Å²) in [5, 5.41) is 3.72. The largest absolute Gasteiger partial charge is 0.359 e. The van der Waals surface area contributed by atoms with Crippen molar-refractivity contribution in [1.82, 2.24) is 14.9 Å². The van der Waals surface area contributed by atoms with Crippen molar-refractivity contribution in [3.8, 4) is 0 Å². The zero-order valence-corrected chi connectivity index (χ0v) is 20.7. The van der Waals surface area contributed by atoms with Crippen molar-refractivity contribution >= 4 is 23.1 Å². The minimum Gasteiger partial charge on any atom is -0.359 e. The van der Waals surface area contributed by atoms with Gasteiger partial charge in [-0.25, -0.2) is 4.98 Å². The summed E-state index contributed by atoms with van der Waals surface area (Å²) in [5.74, 6) is 0. The molecule has 2 aromatic rings. The van der Waals surface area contributed by atoms with Gasteiger partial charge in [-0.3, -0.25) is 4.79 Å². The summed E-state index contributed by atoms with van der Waals surface area (Å²) in [6.07, 6.45) is 13.4. The summed E-state index contributed by atoms with van der Waals surface area (Å²) < 4.78 is 2.02. The zero-order chi connectivity index (χ0) is 23.8. The fourth-order valence-corrected chi connectivity index (χ4v) is 2.18. The van der Waals surface area contributed by atoms with Crippen LogP contribution in [0.15, 0.2) is 55.9 Å². The first kappa shape index (κ1) is 32.1. The van der Waals surface area contributed by atoms with Crippen LogP contribution in [0.25, 0.3) is 16.7 Å². The summed E-state index contributed by atoms with van der Waals surface area (Å²) >= 11 is 0. The van der Waals surface area contributed by atoms with Gasteiger partial charge in [0.1, 0.15) is 5.65 Å². The Morgan fingerprint density at radius 1 is 1.13 bits per heavy atom. The number of carbonyl (C=O) groups is 1. The SMILES string of the molecule is C=C/C=C(\C=C)n1ccc2cc(CC)cnc21.CC.CC.CC.CCCCNC=O. The number of hydrogen-bond acceptors (Lipinski definition) is 2. The van der Waals surface area contributed by atoms with Crippen LogP contribution < -0.4 is 5.32 Å². The fraction of sp³-hybridized carbons (Fsp3) is 0.462. The molecule has 170 valence electrons. The summed E-state index contributed by atoms with van der Waals surface area (Å²) in [7, 11) is 0. The standard InChI is InChI=1S/C15H16N2.C5H11NO.3C2H6/c1-4-7-14(6-3)17-9-8-13-10-12(5-2)11-16-15(13)17;1-2-3-4-6-5-7;3*1-2/h4,6-11H,1,3,5H2,2H3;5H,2-4H2,1H3,(H,6,7);3*1-2H3/b14-7+;;;;. The van der Waals surface area contributed by atoms with Crippen LogP contribution in [0.1, 0.15) is 73.8 Å². The van der Waals surface area contributed by atoms with Crippen molar-refractivity contribution in [1.29, 1.82) is 0 Å². The van der Waals surface area contributed by atoms with Gasteiger partial charge in [0, 0.05) is 30.0 Å². The number of unbranched alkanes of at least 4 members (excludes halogenated alkanes) is 1. The second kappa shape index (κ2) is 24.4. The first-order valence-corrected chi connectivity index (χ1v) is 11.3. The number of aryl methyl sites for hydroxylation is 1. The Morgan fingerprint density at radius 2 is 1.77 bits per heavy atom. The van der Waals surface area contributed by atoms with E-state index in [9.17, 15) is 4.79 Å². The van der Waals surface area contributed by atoms with Gasteiger partial charge in [-0.1, -0.05) is 81.0 Å². The van der Waals surface area contributed by atoms with Crippen molar-refractivity contribution in [3.63, 3.8) is 0 Å². The van der Waals surface area contributed by atoms with E-state index in [1.54, 1.807) is 12.2 Å². The van der Waals surface area contributed by atoms with E-state index in [-0.39, 0.29) is 0 Å². The highest BCUT2D eigenvalue weighted by atomic mass is 16.1. The molecule has 2 heterocycles. The van der Waals surface area contributed by atoms with Gasteiger partial charge < -0.3 is 9.88 Å². The van der Waals surface area contributed by atoms with Crippen molar-refractivity contribution in [2.75, 3.05) is 6.54 Å². The minimum atomic E-state index is 0.732. The molecule has 0 aliphatic heterocycles. The van der Waals surface area contributed by atoms with E-state index in [2.05, 4.69) is 49.4 Å². The molecule has 4 nitrogen and oxygen atoms in total. The molecule has 0 bridgehead atoms. The van der Waals surface area contributed by atoms with E-state index in [0.717, 1.165) is 48.9 Å². The third-order valence-corrected chi connectivity index (χ3v) is 3.53. The van der Waals surface area contributed by atoms with Gasteiger partial charge in [0.05, 0.1) is 0 Å². The average Bonchev–Trinajstić information content (AvgIpc) is 3.25. The number of rotatable bonds is 8. The van der Waals surface area contributed by atoms with Crippen LogP contribution in [0.3, 0.4) is 0 Å². The topological polar surface area (TPSA) is 46.9 Å². The summed E-state index contributed by atoms with van der Waals surface area (Å²) in [4.78, 5) is 14.1. The molecule has 0 aliphatic carbocycles. The quantitative estimate of drug-likeness (QED) is 0.277. The third-order valence-electron chi connectivity index (χ3n) is 3.53. The van der Waals surface area contributed by atoms with Gasteiger partial charge in [0.15, 0.2) is 0 Å². The Kier molecular flexibility index (Phi) is 26.1. The van der Waals surface area contributed by atoms with E-state index >= 15 is 0 Å². The van der Waals surface area contributed by atoms with Crippen molar-refractivity contribution in [3.05, 3.63) is 61.5 Å². The number of pyridine rings is 1. The molecule has 4 heteroatoms. The number of fused-ring (bicyclic) bond motifs is 1. The van der Waals surface area contributed by atoms with E-state index in [0.29, 0.717) is 0 Å². The van der Waals surface area contributed by atoms with Gasteiger partial charge in [0.25, 0.3) is 0 Å². The van der Waals surface area contributed by atoms with Crippen LogP contribution in [-0.2, 0) is 11.2 Å². The van der Waals surface area contributed by atoms with E-state index in [4.69, 9.17) is 0 Å². The number of allylic oxidation sites excluding steroid dienone is 4. The smallest absolute Gasteiger partial charge is 0.207 e. The summed E-state index contributed by atoms with van der Waals surface area (Å²) in [6.45, 7) is 24.6. The maximum Gasteiger partial charge on any atom is 0.207 e. The molecule has 2 rings (SSSR count). The third kappa shape index (κ3) is 12.8. The van der Waals surface area contributed by atoms with Gasteiger partial charge in [-0.15, -0.1) is 0 Å². The zero-order valence-electron chi connectivity index (χ0n) is 20.7. The van der Waals surface area contributed by atoms with Crippen LogP contribution in [0.4, 0.5) is 0 Å². The van der Waals surface area contributed by atoms with Crippen molar-refractivity contribution < 1.29 is 4.79 Å². The average molecular weight is 416 g/mol. The van der Waals surface area contributed by atoms with Gasteiger partial charge in [0.2, 0.25) is 6.41 Å². The van der Waals surface area contributed by atoms with Gasteiger partial charge in [-0.05, 0) is 42.7 Å². The lowest BCUT2D eigenvalue weighted by molar-refractivity contribution is -0.109. The number of nitrogens with zero attached hydrogens (tertiary/aromatic N) is 2. The Hall–Kier alpha value is -2.62. The molecule has 0 fully saturated rings. The van der Waals surface area contributed by atoms with Crippen LogP contribution in [-0.4, -0.2) is 22.5 Å². The molecule has 0 saturated heterocycles. The number of amides is 1. The van der Waals surface area contributed by atoms with E-state index in [1.165, 1.54) is 5.56 Å². The lowest BCUT2D eigenvalue weighted by atomic mass is 10.2. The number of aromatic nitrogens is 2. The summed E-state index contributed by atoms with van der Waals surface area (Å²) in [6, 6.07) is 4.25. The van der Waals surface area contributed by atoms with Crippen molar-refractivity contribution in [2.24, 2.45) is 0 Å². The van der Waals surface area contributed by atoms with Crippen molar-refractivity contribution in [2.45, 2.75) is 74.7 Å². The molecule has 1 amide bonds. The number of carbonyl (C=O) groups excluding carboxylic acids is 1. The number of hydrogen-bond donors (Lipinski definition) is 1. The Balaban J connectivity index is -0.000000473. The molecule has 0 atom stereocenters. The van der Waals surface area contributed by atoms with E-state index < -0.39 is 0 Å². The Labute approximate surface area is 185 Å². The molecule has 0 unspecified atom stereocenters. The molecule has 0 spiro atoms. The highest BCUT2D eigenvalue weighted by Crippen LogP contribution is 2.19. The van der Waals surface area contributed by atoms with Gasteiger partial charge in [-0.2, -0.15) is 0 Å². The fourth-order valence-electron chi connectivity index (χ4n) is 2.18. The normalized spacial score (nSPS) is 9.13. The molecule has 0 aromatic carbocycles.